The van der Waals surface area contributed by atoms with Gasteiger partial charge in [-0.25, -0.2) is 4.79 Å². The minimum absolute atomic E-state index is 0.00727. The number of piperidine rings is 1. The average molecular weight is 558 g/mol. The van der Waals surface area contributed by atoms with Crippen LogP contribution in [0.25, 0.3) is 0 Å². The second-order valence-corrected chi connectivity index (χ2v) is 10.6. The van der Waals surface area contributed by atoms with Gasteiger partial charge < -0.3 is 30.1 Å². The fraction of sp³-hybridized carbons (Fsp3) is 0.483. The number of carboxylic acid groups (broad SMARTS) is 1. The fourth-order valence-corrected chi connectivity index (χ4v) is 5.43. The van der Waals surface area contributed by atoms with Crippen molar-refractivity contribution in [1.82, 2.24) is 15.5 Å². The van der Waals surface area contributed by atoms with Crippen LogP contribution in [-0.4, -0.2) is 67.3 Å². The summed E-state index contributed by atoms with van der Waals surface area (Å²) in [6.07, 6.45) is 4.00. The van der Waals surface area contributed by atoms with E-state index in [1.54, 1.807) is 36.3 Å². The van der Waals surface area contributed by atoms with Gasteiger partial charge in [-0.05, 0) is 80.5 Å². The van der Waals surface area contributed by atoms with Crippen molar-refractivity contribution in [3.8, 4) is 5.75 Å². The van der Waals surface area contributed by atoms with Crippen LogP contribution in [0.15, 0.2) is 48.5 Å². The van der Waals surface area contributed by atoms with E-state index in [0.29, 0.717) is 81.0 Å². The Labute approximate surface area is 233 Å². The first-order chi connectivity index (χ1) is 18.8. The SMILES string of the molecule is COC1(c2ccc(Cl)cc2)CCN(C(=O)NCCNC(=O)c2ccc(O[C@H]3CC[C@@H](C(=O)O)CC3)cc2)CC1. The van der Waals surface area contributed by atoms with E-state index < -0.39 is 11.6 Å². The number of carboxylic acids is 1. The van der Waals surface area contributed by atoms with E-state index in [9.17, 15) is 14.4 Å². The van der Waals surface area contributed by atoms with Gasteiger partial charge in [0.25, 0.3) is 5.91 Å². The van der Waals surface area contributed by atoms with Crippen molar-refractivity contribution >= 4 is 29.5 Å². The highest BCUT2D eigenvalue weighted by Gasteiger charge is 2.37. The molecule has 0 radical (unpaired) electrons. The molecule has 0 aromatic heterocycles. The Morgan fingerprint density at radius 3 is 2.15 bits per heavy atom. The number of hydrogen-bond acceptors (Lipinski definition) is 5. The Morgan fingerprint density at radius 1 is 0.949 bits per heavy atom. The molecular formula is C29H36ClN3O6. The molecule has 39 heavy (non-hydrogen) atoms. The molecule has 2 aliphatic rings. The van der Waals surface area contributed by atoms with Crippen LogP contribution in [0.1, 0.15) is 54.4 Å². The number of carbonyl (C=O) groups excluding carboxylic acids is 2. The zero-order valence-electron chi connectivity index (χ0n) is 22.2. The molecule has 1 saturated carbocycles. The number of nitrogens with zero attached hydrogens (tertiary/aromatic N) is 1. The predicted molar refractivity (Wildman–Crippen MR) is 147 cm³/mol. The van der Waals surface area contributed by atoms with E-state index in [-0.39, 0.29) is 24.0 Å². The second kappa shape index (κ2) is 13.2. The minimum Gasteiger partial charge on any atom is -0.490 e. The van der Waals surface area contributed by atoms with E-state index in [4.69, 9.17) is 26.2 Å². The average Bonchev–Trinajstić information content (AvgIpc) is 2.96. The van der Waals surface area contributed by atoms with Gasteiger partial charge in [0.15, 0.2) is 0 Å². The zero-order chi connectivity index (χ0) is 27.8. The number of rotatable bonds is 9. The molecule has 2 aromatic rings. The van der Waals surface area contributed by atoms with Crippen molar-refractivity contribution < 1.29 is 29.0 Å². The summed E-state index contributed by atoms with van der Waals surface area (Å²) in [6.45, 7) is 1.73. The van der Waals surface area contributed by atoms with Gasteiger partial charge in [0.1, 0.15) is 5.75 Å². The van der Waals surface area contributed by atoms with E-state index in [1.165, 1.54) is 0 Å². The first-order valence-corrected chi connectivity index (χ1v) is 13.8. The summed E-state index contributed by atoms with van der Waals surface area (Å²) < 4.78 is 11.8. The lowest BCUT2D eigenvalue weighted by Gasteiger charge is -2.41. The molecule has 0 spiro atoms. The zero-order valence-corrected chi connectivity index (χ0v) is 22.9. The maximum atomic E-state index is 12.6. The number of carbonyl (C=O) groups is 3. The van der Waals surface area contributed by atoms with Crippen molar-refractivity contribution in [2.24, 2.45) is 5.92 Å². The van der Waals surface area contributed by atoms with Gasteiger partial charge in [-0.1, -0.05) is 23.7 Å². The Bertz CT molecular complexity index is 1120. The normalized spacial score (nSPS) is 20.6. The van der Waals surface area contributed by atoms with Gasteiger partial charge in [-0.3, -0.25) is 9.59 Å². The first kappa shape index (κ1) is 28.7. The molecule has 3 amide bonds. The number of methoxy groups -OCH3 is 1. The number of ether oxygens (including phenoxy) is 2. The van der Waals surface area contributed by atoms with Crippen LogP contribution in [-0.2, 0) is 15.1 Å². The van der Waals surface area contributed by atoms with Crippen LogP contribution >= 0.6 is 11.6 Å². The Kier molecular flexibility index (Phi) is 9.69. The molecule has 4 rings (SSSR count). The Morgan fingerprint density at radius 2 is 1.56 bits per heavy atom. The van der Waals surface area contributed by atoms with Crippen LogP contribution < -0.4 is 15.4 Å². The molecule has 0 bridgehead atoms. The maximum absolute atomic E-state index is 12.6. The Balaban J connectivity index is 1.15. The lowest BCUT2D eigenvalue weighted by atomic mass is 9.84. The fourth-order valence-electron chi connectivity index (χ4n) is 5.30. The van der Waals surface area contributed by atoms with Crippen molar-refractivity contribution in [3.63, 3.8) is 0 Å². The van der Waals surface area contributed by atoms with Gasteiger partial charge in [-0.2, -0.15) is 0 Å². The van der Waals surface area contributed by atoms with Crippen LogP contribution in [0.5, 0.6) is 5.75 Å². The lowest BCUT2D eigenvalue weighted by Crippen LogP contribution is -2.50. The monoisotopic (exact) mass is 557 g/mol. The number of likely N-dealkylation sites (tertiary alicyclic amines) is 1. The van der Waals surface area contributed by atoms with Crippen molar-refractivity contribution in [3.05, 3.63) is 64.7 Å². The van der Waals surface area contributed by atoms with Crippen molar-refractivity contribution in [2.45, 2.75) is 50.2 Å². The molecule has 210 valence electrons. The third-order valence-corrected chi connectivity index (χ3v) is 8.00. The molecular weight excluding hydrogens is 522 g/mol. The van der Waals surface area contributed by atoms with Gasteiger partial charge in [0.2, 0.25) is 0 Å². The number of benzene rings is 2. The highest BCUT2D eigenvalue weighted by Crippen LogP contribution is 2.36. The van der Waals surface area contributed by atoms with Crippen LogP contribution in [0.2, 0.25) is 5.02 Å². The molecule has 2 aromatic carbocycles. The number of nitrogens with one attached hydrogen (secondary N) is 2. The summed E-state index contributed by atoms with van der Waals surface area (Å²) in [5.41, 5.74) is 1.12. The van der Waals surface area contributed by atoms with Crippen molar-refractivity contribution in [1.29, 1.82) is 0 Å². The van der Waals surface area contributed by atoms with E-state index in [1.807, 2.05) is 24.3 Å². The van der Waals surface area contributed by atoms with Crippen molar-refractivity contribution in [2.75, 3.05) is 33.3 Å². The van der Waals surface area contributed by atoms with Crippen LogP contribution in [0.3, 0.4) is 0 Å². The summed E-state index contributed by atoms with van der Waals surface area (Å²) >= 11 is 6.02. The van der Waals surface area contributed by atoms with Gasteiger partial charge >= 0.3 is 12.0 Å². The molecule has 9 nitrogen and oxygen atoms in total. The smallest absolute Gasteiger partial charge is 0.317 e. The number of amides is 3. The highest BCUT2D eigenvalue weighted by molar-refractivity contribution is 6.30. The summed E-state index contributed by atoms with van der Waals surface area (Å²) in [4.78, 5) is 38.0. The molecule has 1 aliphatic heterocycles. The summed E-state index contributed by atoms with van der Waals surface area (Å²) in [6, 6.07) is 14.4. The molecule has 0 unspecified atom stereocenters. The van der Waals surface area contributed by atoms with Gasteiger partial charge in [0.05, 0.1) is 17.6 Å². The topological polar surface area (TPSA) is 117 Å². The summed E-state index contributed by atoms with van der Waals surface area (Å²) in [7, 11) is 1.70. The molecule has 1 aliphatic carbocycles. The number of aliphatic carboxylic acids is 1. The van der Waals surface area contributed by atoms with E-state index in [2.05, 4.69) is 10.6 Å². The third kappa shape index (κ3) is 7.42. The quantitative estimate of drug-likeness (QED) is 0.392. The number of halogens is 1. The summed E-state index contributed by atoms with van der Waals surface area (Å²) in [5, 5.41) is 15.5. The van der Waals surface area contributed by atoms with Gasteiger partial charge in [-0.15, -0.1) is 0 Å². The van der Waals surface area contributed by atoms with E-state index >= 15 is 0 Å². The maximum Gasteiger partial charge on any atom is 0.317 e. The minimum atomic E-state index is -0.738. The summed E-state index contributed by atoms with van der Waals surface area (Å²) in [5.74, 6) is -0.592. The van der Waals surface area contributed by atoms with E-state index in [0.717, 1.165) is 5.56 Å². The van der Waals surface area contributed by atoms with Crippen LogP contribution in [0.4, 0.5) is 4.79 Å². The molecule has 0 atom stereocenters. The molecule has 3 N–H and O–H groups in total. The molecule has 10 heteroatoms. The molecule has 1 saturated heterocycles. The second-order valence-electron chi connectivity index (χ2n) is 10.1. The third-order valence-electron chi connectivity index (χ3n) is 7.75. The van der Waals surface area contributed by atoms with Gasteiger partial charge in [0, 0.05) is 43.9 Å². The number of hydrogen-bond donors (Lipinski definition) is 3. The largest absolute Gasteiger partial charge is 0.490 e. The Hall–Kier alpha value is -3.30. The molecule has 2 fully saturated rings. The lowest BCUT2D eigenvalue weighted by molar-refractivity contribution is -0.143. The van der Waals surface area contributed by atoms with Crippen LogP contribution in [0, 0.1) is 5.92 Å². The number of urea groups is 1. The molecule has 1 heterocycles. The first-order valence-electron chi connectivity index (χ1n) is 13.4. The predicted octanol–water partition coefficient (Wildman–Crippen LogP) is 4.44. The highest BCUT2D eigenvalue weighted by atomic mass is 35.5. The standard InChI is InChI=1S/C29H36ClN3O6/c1-38-29(22-6-8-23(30)9-7-22)14-18-33(19-15-29)28(37)32-17-16-31-26(34)20-2-10-24(11-3-20)39-25-12-4-21(5-13-25)27(35)36/h2-3,6-11,21,25H,4-5,12-19H2,1H3,(H,31,34)(H,32,37)(H,35,36)/t21-,25+.